The molecule has 23 heavy (non-hydrogen) atoms. The van der Waals surface area contributed by atoms with Gasteiger partial charge in [-0.05, 0) is 19.4 Å². The molecule has 1 aliphatic heterocycles. The number of benzene rings is 1. The highest BCUT2D eigenvalue weighted by Gasteiger charge is 2.36. The highest BCUT2D eigenvalue weighted by atomic mass is 16.5. The number of allylic oxidation sites excluding steroid dienone is 1. The zero-order chi connectivity index (χ0) is 17.0. The molecule has 0 fully saturated rings. The summed E-state index contributed by atoms with van der Waals surface area (Å²) in [5.74, 6) is -1.74. The number of carboxylic acids is 1. The Kier molecular flexibility index (Phi) is 5.00. The quantitative estimate of drug-likeness (QED) is 0.805. The smallest absolute Gasteiger partial charge is 0.338 e. The third kappa shape index (κ3) is 3.50. The molecule has 1 aliphatic rings. The summed E-state index contributed by atoms with van der Waals surface area (Å²) in [5, 5.41) is 11.6. The Balaban J connectivity index is 2.50. The van der Waals surface area contributed by atoms with E-state index in [1.54, 1.807) is 38.1 Å². The van der Waals surface area contributed by atoms with Crippen molar-refractivity contribution >= 4 is 18.0 Å². The van der Waals surface area contributed by atoms with Crippen LogP contribution in [0.3, 0.4) is 0 Å². The van der Waals surface area contributed by atoms with Crippen molar-refractivity contribution in [3.63, 3.8) is 0 Å². The minimum atomic E-state index is -1.17. The van der Waals surface area contributed by atoms with E-state index in [-0.39, 0.29) is 17.9 Å². The van der Waals surface area contributed by atoms with Crippen LogP contribution in [-0.2, 0) is 14.3 Å². The fourth-order valence-electron chi connectivity index (χ4n) is 2.48. The van der Waals surface area contributed by atoms with E-state index in [1.807, 2.05) is 6.07 Å². The Labute approximate surface area is 133 Å². The summed E-state index contributed by atoms with van der Waals surface area (Å²) in [6, 6.07) is 7.74. The summed E-state index contributed by atoms with van der Waals surface area (Å²) in [5.41, 5.74) is 1.24. The molecule has 1 atom stereocenters. The fourth-order valence-corrected chi connectivity index (χ4v) is 2.48. The van der Waals surface area contributed by atoms with E-state index in [2.05, 4.69) is 5.32 Å². The number of urea groups is 1. The maximum absolute atomic E-state index is 12.3. The predicted octanol–water partition coefficient (Wildman–Crippen LogP) is 1.67. The molecule has 2 rings (SSSR count). The molecule has 0 saturated carbocycles. The molecule has 0 spiro atoms. The van der Waals surface area contributed by atoms with Crippen molar-refractivity contribution in [2.24, 2.45) is 0 Å². The molecule has 1 heterocycles. The number of carboxylic acid groups (broad SMARTS) is 1. The van der Waals surface area contributed by atoms with Crippen LogP contribution in [0.15, 0.2) is 41.6 Å². The summed E-state index contributed by atoms with van der Waals surface area (Å²) >= 11 is 0. The van der Waals surface area contributed by atoms with Crippen LogP contribution in [0, 0.1) is 0 Å². The number of carbonyl (C=O) groups excluding carboxylic acids is 2. The van der Waals surface area contributed by atoms with E-state index in [4.69, 9.17) is 9.84 Å². The first-order valence-electron chi connectivity index (χ1n) is 7.18. The van der Waals surface area contributed by atoms with Crippen molar-refractivity contribution in [1.29, 1.82) is 0 Å². The van der Waals surface area contributed by atoms with Gasteiger partial charge in [-0.15, -0.1) is 0 Å². The van der Waals surface area contributed by atoms with Gasteiger partial charge in [-0.2, -0.15) is 0 Å². The topological polar surface area (TPSA) is 95.9 Å². The number of nitrogens with one attached hydrogen (secondary N) is 1. The molecule has 0 aliphatic carbocycles. The molecular weight excluding hydrogens is 300 g/mol. The van der Waals surface area contributed by atoms with Gasteiger partial charge in [-0.1, -0.05) is 30.3 Å². The van der Waals surface area contributed by atoms with Crippen LogP contribution in [0.5, 0.6) is 0 Å². The highest BCUT2D eigenvalue weighted by Crippen LogP contribution is 2.31. The summed E-state index contributed by atoms with van der Waals surface area (Å²) in [4.78, 5) is 36.5. The molecule has 122 valence electrons. The number of hydrogen-bond acceptors (Lipinski definition) is 4. The molecule has 7 nitrogen and oxygen atoms in total. The normalized spacial score (nSPS) is 17.7. The Hall–Kier alpha value is -2.83. The highest BCUT2D eigenvalue weighted by molar-refractivity contribution is 5.95. The summed E-state index contributed by atoms with van der Waals surface area (Å²) in [6.07, 6.45) is 0. The number of ether oxygens (including phenoxy) is 1. The van der Waals surface area contributed by atoms with Gasteiger partial charge in [0.15, 0.2) is 0 Å². The van der Waals surface area contributed by atoms with Gasteiger partial charge in [0, 0.05) is 5.70 Å². The van der Waals surface area contributed by atoms with Crippen molar-refractivity contribution in [3.8, 4) is 0 Å². The number of aliphatic carboxylic acids is 1. The molecule has 0 unspecified atom stereocenters. The number of esters is 1. The van der Waals surface area contributed by atoms with Crippen LogP contribution < -0.4 is 5.32 Å². The van der Waals surface area contributed by atoms with Crippen LogP contribution in [0.25, 0.3) is 0 Å². The Morgan fingerprint density at radius 2 is 1.96 bits per heavy atom. The molecule has 1 aromatic carbocycles. The van der Waals surface area contributed by atoms with E-state index < -0.39 is 30.6 Å². The summed E-state index contributed by atoms with van der Waals surface area (Å²) < 4.78 is 5.07. The van der Waals surface area contributed by atoms with E-state index in [0.29, 0.717) is 0 Å². The fraction of sp³-hybridized carbons (Fsp3) is 0.312. The number of hydrogen-bond donors (Lipinski definition) is 2. The molecule has 2 N–H and O–H groups in total. The molecule has 0 saturated heterocycles. The lowest BCUT2D eigenvalue weighted by Gasteiger charge is -2.34. The molecule has 1 aromatic rings. The zero-order valence-electron chi connectivity index (χ0n) is 12.9. The maximum atomic E-state index is 12.3. The van der Waals surface area contributed by atoms with Crippen LogP contribution in [0.4, 0.5) is 4.79 Å². The largest absolute Gasteiger partial charge is 0.480 e. The number of amides is 2. The van der Waals surface area contributed by atoms with Gasteiger partial charge in [0.25, 0.3) is 0 Å². The van der Waals surface area contributed by atoms with Gasteiger partial charge in [-0.3, -0.25) is 9.69 Å². The number of carbonyl (C=O) groups is 3. The van der Waals surface area contributed by atoms with Gasteiger partial charge in [-0.25, -0.2) is 9.59 Å². The third-order valence-electron chi connectivity index (χ3n) is 3.52. The monoisotopic (exact) mass is 318 g/mol. The van der Waals surface area contributed by atoms with Gasteiger partial charge in [0.1, 0.15) is 6.54 Å². The third-order valence-corrected chi connectivity index (χ3v) is 3.52. The van der Waals surface area contributed by atoms with Gasteiger partial charge in [0.05, 0.1) is 18.2 Å². The molecule has 0 aromatic heterocycles. The second-order valence-corrected chi connectivity index (χ2v) is 4.99. The Morgan fingerprint density at radius 1 is 1.30 bits per heavy atom. The predicted molar refractivity (Wildman–Crippen MR) is 81.4 cm³/mol. The Morgan fingerprint density at radius 3 is 2.52 bits per heavy atom. The average Bonchev–Trinajstić information content (AvgIpc) is 2.51. The minimum Gasteiger partial charge on any atom is -0.480 e. The Bertz CT molecular complexity index is 654. The van der Waals surface area contributed by atoms with Crippen LogP contribution in [-0.4, -0.2) is 41.1 Å². The second kappa shape index (κ2) is 6.95. The molecule has 2 amide bonds. The number of rotatable bonds is 5. The molecule has 7 heteroatoms. The van der Waals surface area contributed by atoms with Crippen molar-refractivity contribution in [3.05, 3.63) is 47.2 Å². The van der Waals surface area contributed by atoms with Crippen molar-refractivity contribution in [2.75, 3.05) is 13.2 Å². The second-order valence-electron chi connectivity index (χ2n) is 4.99. The van der Waals surface area contributed by atoms with E-state index in [0.717, 1.165) is 10.5 Å². The SMILES string of the molecule is CCOC(=O)C1=C(C)N(CC(=O)O)C(=O)N[C@@H]1c1ccccc1. The minimum absolute atomic E-state index is 0.185. The van der Waals surface area contributed by atoms with E-state index in [1.165, 1.54) is 0 Å². The molecule has 0 radical (unpaired) electrons. The molecule has 0 bridgehead atoms. The average molecular weight is 318 g/mol. The van der Waals surface area contributed by atoms with Crippen LogP contribution in [0.1, 0.15) is 25.5 Å². The van der Waals surface area contributed by atoms with Gasteiger partial charge < -0.3 is 15.2 Å². The van der Waals surface area contributed by atoms with Crippen molar-refractivity contribution in [1.82, 2.24) is 10.2 Å². The van der Waals surface area contributed by atoms with E-state index >= 15 is 0 Å². The van der Waals surface area contributed by atoms with Gasteiger partial charge >= 0.3 is 18.0 Å². The summed E-state index contributed by atoms with van der Waals surface area (Å²) in [7, 11) is 0. The molecular formula is C16H18N2O5. The standard InChI is InChI=1S/C16H18N2O5/c1-3-23-15(21)13-10(2)18(9-12(19)20)16(22)17-14(13)11-7-5-4-6-8-11/h4-8,14H,3,9H2,1-2H3,(H,17,22)(H,19,20)/t14-/m1/s1. The lowest BCUT2D eigenvalue weighted by atomic mass is 9.95. The first-order valence-corrected chi connectivity index (χ1v) is 7.18. The number of nitrogens with zero attached hydrogens (tertiary/aromatic N) is 1. The summed E-state index contributed by atoms with van der Waals surface area (Å²) in [6.45, 7) is 2.89. The van der Waals surface area contributed by atoms with E-state index in [9.17, 15) is 14.4 Å². The zero-order valence-corrected chi connectivity index (χ0v) is 12.9. The van der Waals surface area contributed by atoms with Crippen molar-refractivity contribution in [2.45, 2.75) is 19.9 Å². The first-order chi connectivity index (χ1) is 11.0. The van der Waals surface area contributed by atoms with Crippen molar-refractivity contribution < 1.29 is 24.2 Å². The lowest BCUT2D eigenvalue weighted by Crippen LogP contribution is -2.49. The maximum Gasteiger partial charge on any atom is 0.338 e. The first kappa shape index (κ1) is 16.5. The van der Waals surface area contributed by atoms with Gasteiger partial charge in [0.2, 0.25) is 0 Å². The van der Waals surface area contributed by atoms with Crippen LogP contribution >= 0.6 is 0 Å². The lowest BCUT2D eigenvalue weighted by molar-refractivity contribution is -0.140. The van der Waals surface area contributed by atoms with Crippen LogP contribution in [0.2, 0.25) is 0 Å².